The van der Waals surface area contributed by atoms with Gasteiger partial charge in [-0.15, -0.1) is 0 Å². The average Bonchev–Trinajstić information content (AvgIpc) is 1.90. The number of pyridine rings is 1. The van der Waals surface area contributed by atoms with E-state index in [1.165, 1.54) is 0 Å². The van der Waals surface area contributed by atoms with E-state index in [1.807, 2.05) is 23.8 Å². The summed E-state index contributed by atoms with van der Waals surface area (Å²) in [5.74, 6) is 0. The van der Waals surface area contributed by atoms with E-state index in [0.29, 0.717) is 5.56 Å². The molecule has 0 aliphatic heterocycles. The van der Waals surface area contributed by atoms with Gasteiger partial charge < -0.3 is 0 Å². The van der Waals surface area contributed by atoms with Crippen molar-refractivity contribution in [1.29, 1.82) is 0 Å². The third kappa shape index (κ3) is 1.67. The fraction of sp³-hybridized carbons (Fsp3) is 0. The van der Waals surface area contributed by atoms with E-state index in [1.54, 1.807) is 12.3 Å². The van der Waals surface area contributed by atoms with Gasteiger partial charge in [-0.1, -0.05) is 0 Å². The molecule has 1 heterocycles. The number of hydrogen-bond acceptors (Lipinski definition) is 2. The molecular weight excluding hydrogens is 109 g/mol. The van der Waals surface area contributed by atoms with E-state index >= 15 is 0 Å². The molecule has 0 bridgehead atoms. The van der Waals surface area contributed by atoms with Gasteiger partial charge in [-0.25, -0.2) is 0 Å². The van der Waals surface area contributed by atoms with E-state index < -0.39 is 0 Å². The topological polar surface area (TPSA) is 30.0 Å². The fourth-order valence-corrected chi connectivity index (χ4v) is 0.549. The van der Waals surface area contributed by atoms with Crippen molar-refractivity contribution in [3.8, 4) is 0 Å². The molecule has 0 amide bonds. The molecule has 9 heavy (non-hydrogen) atoms. The fourth-order valence-electron chi connectivity index (χ4n) is 0.549. The van der Waals surface area contributed by atoms with Gasteiger partial charge in [0.15, 0.2) is 0 Å². The Morgan fingerprint density at radius 3 is 2.78 bits per heavy atom. The Morgan fingerprint density at radius 2 is 2.33 bits per heavy atom. The van der Waals surface area contributed by atoms with Crippen molar-refractivity contribution in [2.24, 2.45) is 0 Å². The van der Waals surface area contributed by atoms with Gasteiger partial charge in [0, 0.05) is 0 Å². The van der Waals surface area contributed by atoms with E-state index in [2.05, 4.69) is 4.98 Å². The number of carbonyl (C=O) groups excluding carboxylic acids is 1. The summed E-state index contributed by atoms with van der Waals surface area (Å²) >= 11 is 1.88. The van der Waals surface area contributed by atoms with Gasteiger partial charge >= 0.3 is 62.0 Å². The number of rotatable bonds is 1. The summed E-state index contributed by atoms with van der Waals surface area (Å²) in [5, 5.41) is 0. The maximum absolute atomic E-state index is 10.1. The van der Waals surface area contributed by atoms with Crippen LogP contribution < -0.4 is 4.37 Å². The van der Waals surface area contributed by atoms with Crippen molar-refractivity contribution in [1.82, 2.24) is 4.98 Å². The van der Waals surface area contributed by atoms with Crippen molar-refractivity contribution in [3.63, 3.8) is 0 Å². The normalized spacial score (nSPS) is 9.11. The first-order chi connectivity index (χ1) is 4.33. The molecule has 0 fully saturated rings. The van der Waals surface area contributed by atoms with E-state index in [-0.39, 0.29) is 0 Å². The number of nitrogens with zero attached hydrogens (tertiary/aromatic N) is 1. The van der Waals surface area contributed by atoms with Crippen LogP contribution in [0.4, 0.5) is 0 Å². The molecule has 0 aliphatic carbocycles. The summed E-state index contributed by atoms with van der Waals surface area (Å²) in [5.41, 5.74) is 0.626. The monoisotopic (exact) mass is 113 g/mol. The Labute approximate surface area is 62.5 Å². The second-order valence-electron chi connectivity index (χ2n) is 1.85. The molecule has 1 rings (SSSR count). The second kappa shape index (κ2) is 2.81. The van der Waals surface area contributed by atoms with Crippen molar-refractivity contribution in [2.45, 2.75) is 0 Å². The predicted molar refractivity (Wildman–Crippen MR) is 35.0 cm³/mol. The van der Waals surface area contributed by atoms with Crippen LogP contribution in [0.15, 0.2) is 18.3 Å². The summed E-state index contributed by atoms with van der Waals surface area (Å²) in [7, 11) is 0. The van der Waals surface area contributed by atoms with Gasteiger partial charge in [-0.2, -0.15) is 0 Å². The molecule has 1 aromatic rings. The van der Waals surface area contributed by atoms with Gasteiger partial charge in [0.2, 0.25) is 0 Å². The molecule has 2 nitrogen and oxygen atoms in total. The first-order valence-corrected chi connectivity index (χ1v) is 2.71. The summed E-state index contributed by atoms with van der Waals surface area (Å²) in [6.07, 6.45) is 2.34. The van der Waals surface area contributed by atoms with Crippen molar-refractivity contribution in [3.05, 3.63) is 23.9 Å². The van der Waals surface area contributed by atoms with Crippen LogP contribution in [0.1, 0.15) is 10.4 Å². The molecule has 0 spiro atoms. The van der Waals surface area contributed by atoms with E-state index in [9.17, 15) is 4.79 Å². The van der Waals surface area contributed by atoms with Gasteiger partial charge in [0.25, 0.3) is 0 Å². The zero-order chi connectivity index (χ0) is 6.69. The van der Waals surface area contributed by atoms with Gasteiger partial charge in [0.1, 0.15) is 0 Å². The molecule has 40 valence electrons. The van der Waals surface area contributed by atoms with Crippen molar-refractivity contribution < 1.29 is 4.79 Å². The third-order valence-electron chi connectivity index (χ3n) is 1.07. The standard InChI is InChI=1S/C6H4NO.Li/c8-5-6-2-1-3-7-4-6;/h1-2,4-5H;. The second-order valence-corrected chi connectivity index (χ2v) is 1.85. The molecule has 0 unspecified atom stereocenters. The molecule has 3 heteroatoms. The molecule has 0 saturated carbocycles. The molecule has 1 aromatic heterocycles. The molecule has 0 N–H and O–H groups in total. The molecule has 0 aliphatic rings. The Hall–Kier alpha value is -0.583. The molecular formula is C6H4LiNO. The molecule has 0 aromatic carbocycles. The predicted octanol–water partition coefficient (Wildman–Crippen LogP) is -0.312. The number of carbonyl (C=O) groups is 1. The van der Waals surface area contributed by atoms with E-state index in [4.69, 9.17) is 0 Å². The van der Waals surface area contributed by atoms with Gasteiger partial charge in [-0.3, -0.25) is 0 Å². The molecule has 0 saturated heterocycles. The zero-order valence-electron chi connectivity index (χ0n) is 5.16. The van der Waals surface area contributed by atoms with Crippen LogP contribution in [0.5, 0.6) is 0 Å². The van der Waals surface area contributed by atoms with Crippen molar-refractivity contribution in [2.75, 3.05) is 0 Å². The minimum absolute atomic E-state index is 0.626. The van der Waals surface area contributed by atoms with Crippen LogP contribution in [0.3, 0.4) is 0 Å². The minimum atomic E-state index is 0.626. The summed E-state index contributed by atoms with van der Waals surface area (Å²) in [4.78, 5) is 14.0. The van der Waals surface area contributed by atoms with Crippen LogP contribution in [0, 0.1) is 0 Å². The number of hydrogen-bond donors (Lipinski definition) is 0. The van der Waals surface area contributed by atoms with E-state index in [0.717, 1.165) is 10.7 Å². The Balaban J connectivity index is 3.01. The Bertz CT molecular complexity index is 207. The zero-order valence-corrected chi connectivity index (χ0v) is 5.16. The first kappa shape index (κ1) is 6.54. The van der Waals surface area contributed by atoms with Crippen LogP contribution in [-0.4, -0.2) is 29.0 Å². The maximum atomic E-state index is 10.1. The molecule has 0 atom stereocenters. The SMILES string of the molecule is [Li][c]1ccc(C=O)cn1. The Kier molecular flexibility index (Phi) is 2.04. The van der Waals surface area contributed by atoms with Crippen LogP contribution in [0.25, 0.3) is 0 Å². The first-order valence-electron chi connectivity index (χ1n) is 2.71. The Morgan fingerprint density at radius 1 is 1.56 bits per heavy atom. The quantitative estimate of drug-likeness (QED) is 0.369. The summed E-state index contributed by atoms with van der Waals surface area (Å²) < 4.78 is 0.931. The van der Waals surface area contributed by atoms with Crippen LogP contribution in [-0.2, 0) is 0 Å². The third-order valence-corrected chi connectivity index (χ3v) is 1.07. The summed E-state index contributed by atoms with van der Waals surface area (Å²) in [6, 6.07) is 3.55. The van der Waals surface area contributed by atoms with Gasteiger partial charge in [-0.05, 0) is 0 Å². The molecule has 0 radical (unpaired) electrons. The number of aldehydes is 1. The van der Waals surface area contributed by atoms with Crippen LogP contribution >= 0.6 is 0 Å². The summed E-state index contributed by atoms with van der Waals surface area (Å²) in [6.45, 7) is 0. The van der Waals surface area contributed by atoms with Crippen LogP contribution in [0.2, 0.25) is 0 Å². The van der Waals surface area contributed by atoms with Gasteiger partial charge in [0.05, 0.1) is 0 Å². The number of aromatic nitrogens is 1. The van der Waals surface area contributed by atoms with Crippen molar-refractivity contribution >= 4 is 28.4 Å². The average molecular weight is 113 g/mol.